The normalized spacial score (nSPS) is 21.7. The Labute approximate surface area is 155 Å². The summed E-state index contributed by atoms with van der Waals surface area (Å²) in [6.45, 7) is 9.50. The summed E-state index contributed by atoms with van der Waals surface area (Å²) >= 11 is 5.83. The fraction of sp³-hybridized carbons (Fsp3) is 0.588. The van der Waals surface area contributed by atoms with Gasteiger partial charge in [0, 0.05) is 5.02 Å². The molecule has 3 N–H and O–H groups in total. The number of nitrogens with one attached hydrogen (secondary N) is 3. The van der Waals surface area contributed by atoms with Crippen molar-refractivity contribution in [2.75, 3.05) is 39.3 Å². The number of piperazine rings is 1. The molecule has 1 aliphatic rings. The highest BCUT2D eigenvalue weighted by Gasteiger charge is 2.33. The number of sulfonamides is 1. The number of hydrogen-bond acceptors (Lipinski definition) is 3. The zero-order chi connectivity index (χ0) is 18.5. The predicted octanol–water partition coefficient (Wildman–Crippen LogP) is -0.906. The first-order chi connectivity index (χ1) is 11.7. The summed E-state index contributed by atoms with van der Waals surface area (Å²) in [5.41, 5.74) is -0.544. The van der Waals surface area contributed by atoms with Crippen LogP contribution in [0.15, 0.2) is 29.2 Å². The van der Waals surface area contributed by atoms with Crippen molar-refractivity contribution in [2.45, 2.75) is 30.7 Å². The first-order valence-electron chi connectivity index (χ1n) is 8.55. The summed E-state index contributed by atoms with van der Waals surface area (Å²) in [6.07, 6.45) is 0.594. The van der Waals surface area contributed by atoms with Crippen molar-refractivity contribution < 1.29 is 18.2 Å². The Hall–Kier alpha value is -1.17. The zero-order valence-corrected chi connectivity index (χ0v) is 16.4. The number of nitrogens with zero attached hydrogens (tertiary/aromatic N) is 1. The largest absolute Gasteiger partial charge is 0.325 e. The van der Waals surface area contributed by atoms with Crippen LogP contribution in [0.1, 0.15) is 20.3 Å². The van der Waals surface area contributed by atoms with Crippen LogP contribution in [0.2, 0.25) is 5.02 Å². The van der Waals surface area contributed by atoms with E-state index in [0.717, 1.165) is 39.3 Å². The van der Waals surface area contributed by atoms with E-state index in [4.69, 9.17) is 16.9 Å². The summed E-state index contributed by atoms with van der Waals surface area (Å²) in [7, 11) is -3.57. The number of nitriles is 1. The maximum Gasteiger partial charge on any atom is 0.241 e. The number of halogens is 1. The van der Waals surface area contributed by atoms with E-state index >= 15 is 0 Å². The lowest BCUT2D eigenvalue weighted by molar-refractivity contribution is -1.01. The minimum absolute atomic E-state index is 0.228. The molecule has 0 aromatic heterocycles. The van der Waals surface area contributed by atoms with Gasteiger partial charge in [-0.15, -0.1) is 0 Å². The second-order valence-corrected chi connectivity index (χ2v) is 9.40. The molecule has 0 radical (unpaired) electrons. The van der Waals surface area contributed by atoms with Crippen molar-refractivity contribution in [1.29, 1.82) is 5.26 Å². The average molecular weight is 387 g/mol. The summed E-state index contributed by atoms with van der Waals surface area (Å²) in [5, 5.41) is 9.19. The van der Waals surface area contributed by atoms with Gasteiger partial charge in [0.05, 0.1) is 36.0 Å². The maximum absolute atomic E-state index is 12.6. The fourth-order valence-electron chi connectivity index (χ4n) is 3.31. The standard InChI is InChI=1S/C17H25ClN4O2S/c1-17(2,14-22-12-10-21(11-13-22)9-3-8-19)20-25(23,24)16-6-4-15(18)5-7-16/h4-7,20H,3,9-14H2,1-2H3/p+2. The minimum atomic E-state index is -3.57. The number of rotatable bonds is 7. The highest BCUT2D eigenvalue weighted by molar-refractivity contribution is 7.89. The number of quaternary nitrogens is 2. The molecule has 1 aliphatic heterocycles. The molecule has 0 spiro atoms. The van der Waals surface area contributed by atoms with Gasteiger partial charge in [-0.1, -0.05) is 11.6 Å². The molecular weight excluding hydrogens is 360 g/mol. The van der Waals surface area contributed by atoms with Crippen LogP contribution in [0, 0.1) is 11.3 Å². The third-order valence-electron chi connectivity index (χ3n) is 4.48. The van der Waals surface area contributed by atoms with Gasteiger partial charge >= 0.3 is 0 Å². The van der Waals surface area contributed by atoms with Gasteiger partial charge in [0.1, 0.15) is 26.2 Å². The van der Waals surface area contributed by atoms with Gasteiger partial charge in [0.2, 0.25) is 10.0 Å². The zero-order valence-electron chi connectivity index (χ0n) is 14.8. The lowest BCUT2D eigenvalue weighted by Crippen LogP contribution is -3.28. The van der Waals surface area contributed by atoms with E-state index < -0.39 is 15.6 Å². The second kappa shape index (κ2) is 8.47. The van der Waals surface area contributed by atoms with Crippen molar-refractivity contribution in [3.05, 3.63) is 29.3 Å². The highest BCUT2D eigenvalue weighted by Crippen LogP contribution is 2.15. The third-order valence-corrected chi connectivity index (χ3v) is 6.45. The van der Waals surface area contributed by atoms with E-state index in [2.05, 4.69) is 10.8 Å². The fourth-order valence-corrected chi connectivity index (χ4v) is 4.85. The Morgan fingerprint density at radius 3 is 2.28 bits per heavy atom. The first-order valence-corrected chi connectivity index (χ1v) is 10.4. The molecule has 0 amide bonds. The molecular formula is C17H27ClN4O2S+2. The highest BCUT2D eigenvalue weighted by atomic mass is 35.5. The van der Waals surface area contributed by atoms with Crippen molar-refractivity contribution in [2.24, 2.45) is 0 Å². The predicted molar refractivity (Wildman–Crippen MR) is 97.2 cm³/mol. The molecule has 0 atom stereocenters. The van der Waals surface area contributed by atoms with Gasteiger partial charge in [-0.05, 0) is 38.1 Å². The van der Waals surface area contributed by atoms with E-state index in [1.165, 1.54) is 21.9 Å². The van der Waals surface area contributed by atoms with Gasteiger partial charge in [0.25, 0.3) is 0 Å². The molecule has 0 bridgehead atoms. The summed E-state index contributed by atoms with van der Waals surface area (Å²) in [5.74, 6) is 0. The molecule has 1 aromatic carbocycles. The molecule has 25 heavy (non-hydrogen) atoms. The molecule has 1 saturated heterocycles. The molecule has 138 valence electrons. The molecule has 8 heteroatoms. The number of benzene rings is 1. The maximum atomic E-state index is 12.6. The Balaban J connectivity index is 1.91. The van der Waals surface area contributed by atoms with Crippen LogP contribution in [0.5, 0.6) is 0 Å². The Morgan fingerprint density at radius 1 is 1.16 bits per heavy atom. The van der Waals surface area contributed by atoms with Crippen LogP contribution in [0.3, 0.4) is 0 Å². The van der Waals surface area contributed by atoms with Crippen LogP contribution < -0.4 is 14.5 Å². The molecule has 1 heterocycles. The molecule has 2 rings (SSSR count). The Kier molecular flexibility index (Phi) is 6.83. The topological polar surface area (TPSA) is 78.8 Å². The van der Waals surface area contributed by atoms with Crippen molar-refractivity contribution >= 4 is 21.6 Å². The van der Waals surface area contributed by atoms with E-state index in [1.54, 1.807) is 12.1 Å². The minimum Gasteiger partial charge on any atom is -0.325 e. The Morgan fingerprint density at radius 2 is 1.72 bits per heavy atom. The molecule has 0 aliphatic carbocycles. The van der Waals surface area contributed by atoms with Gasteiger partial charge in [0.15, 0.2) is 0 Å². The molecule has 6 nitrogen and oxygen atoms in total. The average Bonchev–Trinajstić information content (AvgIpc) is 2.53. The number of hydrogen-bond donors (Lipinski definition) is 3. The van der Waals surface area contributed by atoms with Gasteiger partial charge < -0.3 is 9.80 Å². The smallest absolute Gasteiger partial charge is 0.241 e. The molecule has 1 aromatic rings. The van der Waals surface area contributed by atoms with Gasteiger partial charge in [-0.25, -0.2) is 8.42 Å². The van der Waals surface area contributed by atoms with Crippen molar-refractivity contribution in [3.8, 4) is 6.07 Å². The van der Waals surface area contributed by atoms with Crippen molar-refractivity contribution in [3.63, 3.8) is 0 Å². The summed E-state index contributed by atoms with van der Waals surface area (Å²) in [4.78, 5) is 3.08. The summed E-state index contributed by atoms with van der Waals surface area (Å²) in [6, 6.07) is 8.40. The lowest BCUT2D eigenvalue weighted by Gasteiger charge is -2.34. The van der Waals surface area contributed by atoms with E-state index in [-0.39, 0.29) is 4.90 Å². The third kappa shape index (κ3) is 6.24. The SMILES string of the molecule is CC(C)(C[NH+]1CC[NH+](CCC#N)CC1)NS(=O)(=O)c1ccc(Cl)cc1. The van der Waals surface area contributed by atoms with Crippen molar-refractivity contribution in [1.82, 2.24) is 4.72 Å². The van der Waals surface area contributed by atoms with E-state index in [1.807, 2.05) is 13.8 Å². The van der Waals surface area contributed by atoms with Crippen LogP contribution in [-0.4, -0.2) is 53.2 Å². The lowest BCUT2D eigenvalue weighted by atomic mass is 10.1. The Bertz CT molecular complexity index is 705. The van der Waals surface area contributed by atoms with Gasteiger partial charge in [-0.3, -0.25) is 0 Å². The first kappa shape index (κ1) is 20.1. The van der Waals surface area contributed by atoms with E-state index in [9.17, 15) is 8.42 Å². The van der Waals surface area contributed by atoms with E-state index in [0.29, 0.717) is 11.4 Å². The summed E-state index contributed by atoms with van der Waals surface area (Å²) < 4.78 is 28.0. The van der Waals surface area contributed by atoms with Crippen LogP contribution in [0.25, 0.3) is 0 Å². The second-order valence-electron chi connectivity index (χ2n) is 7.28. The monoisotopic (exact) mass is 386 g/mol. The van der Waals surface area contributed by atoms with Crippen LogP contribution >= 0.6 is 11.6 Å². The van der Waals surface area contributed by atoms with Gasteiger partial charge in [-0.2, -0.15) is 9.98 Å². The molecule has 0 saturated carbocycles. The van der Waals surface area contributed by atoms with Crippen LogP contribution in [0.4, 0.5) is 0 Å². The molecule has 1 fully saturated rings. The molecule has 0 unspecified atom stereocenters. The quantitative estimate of drug-likeness (QED) is 0.568. The van der Waals surface area contributed by atoms with Crippen LogP contribution in [-0.2, 0) is 10.0 Å².